The van der Waals surface area contributed by atoms with Gasteiger partial charge in [-0.2, -0.15) is 8.42 Å². The molecule has 24 heavy (non-hydrogen) atoms. The average molecular weight is 377 g/mol. The van der Waals surface area contributed by atoms with E-state index in [2.05, 4.69) is 4.72 Å². The maximum Gasteiger partial charge on any atom is 0.297 e. The predicted octanol–water partition coefficient (Wildman–Crippen LogP) is 1.19. The summed E-state index contributed by atoms with van der Waals surface area (Å²) < 4.78 is 60.4. The molecule has 2 atom stereocenters. The summed E-state index contributed by atoms with van der Waals surface area (Å²) in [6, 6.07) is 6.14. The van der Waals surface area contributed by atoms with E-state index in [0.717, 1.165) is 5.56 Å². The van der Waals surface area contributed by atoms with Crippen LogP contribution in [0.5, 0.6) is 0 Å². The second kappa shape index (κ2) is 7.92. The first kappa shape index (κ1) is 19.3. The van der Waals surface area contributed by atoms with Gasteiger partial charge in [0.05, 0.1) is 30.0 Å². The maximum atomic E-state index is 12.1. The third kappa shape index (κ3) is 5.52. The highest BCUT2D eigenvalue weighted by Crippen LogP contribution is 2.18. The number of ether oxygens (including phenoxy) is 1. The van der Waals surface area contributed by atoms with Gasteiger partial charge in [0, 0.05) is 6.04 Å². The summed E-state index contributed by atoms with van der Waals surface area (Å²) in [5.74, 6) is 0.0187. The highest BCUT2D eigenvalue weighted by Gasteiger charge is 2.26. The molecule has 1 heterocycles. The first-order chi connectivity index (χ1) is 11.2. The van der Waals surface area contributed by atoms with E-state index in [0.29, 0.717) is 12.8 Å². The van der Waals surface area contributed by atoms with Crippen molar-refractivity contribution >= 4 is 20.1 Å². The Kier molecular flexibility index (Phi) is 6.38. The summed E-state index contributed by atoms with van der Waals surface area (Å²) >= 11 is 0. The molecule has 0 amide bonds. The molecule has 1 aromatic carbocycles. The maximum absolute atomic E-state index is 12.1. The Balaban J connectivity index is 1.83. The second-order valence-corrected chi connectivity index (χ2v) is 9.46. The Bertz CT molecular complexity index is 735. The van der Waals surface area contributed by atoms with Crippen LogP contribution in [-0.4, -0.2) is 47.9 Å². The first-order valence-corrected chi connectivity index (χ1v) is 10.9. The van der Waals surface area contributed by atoms with Gasteiger partial charge in [-0.3, -0.25) is 4.18 Å². The van der Waals surface area contributed by atoms with Gasteiger partial charge in [-0.25, -0.2) is 13.1 Å². The number of nitrogens with one attached hydrogen (secondary N) is 1. The van der Waals surface area contributed by atoms with Crippen molar-refractivity contribution in [2.45, 2.75) is 43.7 Å². The summed E-state index contributed by atoms with van der Waals surface area (Å²) in [6.45, 7) is 3.57. The molecule has 0 aromatic heterocycles. The highest BCUT2D eigenvalue weighted by atomic mass is 32.2. The van der Waals surface area contributed by atoms with E-state index in [1.165, 1.54) is 12.1 Å². The third-order valence-corrected chi connectivity index (χ3v) is 6.56. The summed E-state index contributed by atoms with van der Waals surface area (Å²) in [6.07, 6.45) is 0.741. The molecule has 1 fully saturated rings. The van der Waals surface area contributed by atoms with Crippen molar-refractivity contribution < 1.29 is 25.8 Å². The monoisotopic (exact) mass is 377 g/mol. The van der Waals surface area contributed by atoms with Crippen LogP contribution >= 0.6 is 0 Å². The minimum absolute atomic E-state index is 0.0187. The zero-order valence-electron chi connectivity index (χ0n) is 13.8. The van der Waals surface area contributed by atoms with Gasteiger partial charge in [-0.05, 0) is 38.8 Å². The lowest BCUT2D eigenvalue weighted by molar-refractivity contribution is -0.0212. The van der Waals surface area contributed by atoms with Gasteiger partial charge in [0.15, 0.2) is 0 Å². The molecule has 1 N–H and O–H groups in total. The fourth-order valence-electron chi connectivity index (χ4n) is 2.31. The number of rotatable bonds is 7. The van der Waals surface area contributed by atoms with Crippen molar-refractivity contribution in [1.82, 2.24) is 4.72 Å². The van der Waals surface area contributed by atoms with E-state index in [4.69, 9.17) is 8.92 Å². The Morgan fingerprint density at radius 3 is 2.38 bits per heavy atom. The molecule has 2 rings (SSSR count). The number of aryl methyl sites for hydroxylation is 1. The lowest BCUT2D eigenvalue weighted by Gasteiger charge is -2.29. The van der Waals surface area contributed by atoms with Crippen molar-refractivity contribution in [3.05, 3.63) is 29.8 Å². The van der Waals surface area contributed by atoms with Gasteiger partial charge in [0.2, 0.25) is 10.0 Å². The van der Waals surface area contributed by atoms with Gasteiger partial charge in [-0.15, -0.1) is 0 Å². The zero-order valence-corrected chi connectivity index (χ0v) is 15.4. The van der Waals surface area contributed by atoms with Crippen LogP contribution in [0.4, 0.5) is 0 Å². The molecule has 1 aliphatic rings. The van der Waals surface area contributed by atoms with Crippen molar-refractivity contribution in [3.63, 3.8) is 0 Å². The third-order valence-electron chi connectivity index (χ3n) is 3.82. The number of hydrogen-bond donors (Lipinski definition) is 1. The van der Waals surface area contributed by atoms with E-state index in [1.807, 2.05) is 6.92 Å². The number of sulfonamides is 1. The lowest BCUT2D eigenvalue weighted by atomic mass is 10.1. The molecule has 9 heteroatoms. The van der Waals surface area contributed by atoms with Crippen LogP contribution in [0.15, 0.2) is 29.2 Å². The van der Waals surface area contributed by atoms with Crippen molar-refractivity contribution in [3.8, 4) is 0 Å². The van der Waals surface area contributed by atoms with E-state index in [1.54, 1.807) is 19.1 Å². The lowest BCUT2D eigenvalue weighted by Crippen LogP contribution is -2.44. The van der Waals surface area contributed by atoms with Gasteiger partial charge >= 0.3 is 0 Å². The molecule has 0 spiro atoms. The standard InChI is InChI=1S/C15H23NO6S2/c1-3-23(17,18)16-13-6-7-14(21-10-13)11-22-24(19,20)15-8-4-12(2)5-9-15/h4-5,8-9,13-14,16H,3,6-7,10-11H2,1-2H3/t13-,14-/m1/s1. The number of benzene rings is 1. The highest BCUT2D eigenvalue weighted by molar-refractivity contribution is 7.89. The van der Waals surface area contributed by atoms with Gasteiger partial charge in [-0.1, -0.05) is 17.7 Å². The second-order valence-electron chi connectivity index (χ2n) is 5.80. The molecular formula is C15H23NO6S2. The molecule has 0 aliphatic carbocycles. The fourth-order valence-corrected chi connectivity index (χ4v) is 4.10. The van der Waals surface area contributed by atoms with Crippen LogP contribution in [0.25, 0.3) is 0 Å². The Hall–Kier alpha value is -1.00. The molecule has 7 nitrogen and oxygen atoms in total. The van der Waals surface area contributed by atoms with E-state index < -0.39 is 20.1 Å². The normalized spacial score (nSPS) is 22.4. The predicted molar refractivity (Wildman–Crippen MR) is 89.7 cm³/mol. The minimum atomic E-state index is -3.81. The van der Waals surface area contributed by atoms with E-state index in [-0.39, 0.29) is 36.0 Å². The summed E-state index contributed by atoms with van der Waals surface area (Å²) in [4.78, 5) is 0.109. The van der Waals surface area contributed by atoms with Crippen LogP contribution < -0.4 is 4.72 Å². The van der Waals surface area contributed by atoms with Crippen molar-refractivity contribution in [1.29, 1.82) is 0 Å². The Morgan fingerprint density at radius 2 is 1.83 bits per heavy atom. The van der Waals surface area contributed by atoms with Gasteiger partial charge in [0.1, 0.15) is 0 Å². The van der Waals surface area contributed by atoms with E-state index >= 15 is 0 Å². The number of hydrogen-bond acceptors (Lipinski definition) is 6. The van der Waals surface area contributed by atoms with Crippen molar-refractivity contribution in [2.75, 3.05) is 19.0 Å². The molecule has 136 valence electrons. The summed E-state index contributed by atoms with van der Waals surface area (Å²) in [5.41, 5.74) is 0.963. The molecule has 1 aromatic rings. The van der Waals surface area contributed by atoms with Gasteiger partial charge < -0.3 is 4.74 Å². The van der Waals surface area contributed by atoms with Crippen LogP contribution in [0.1, 0.15) is 25.3 Å². The molecule has 0 radical (unpaired) electrons. The SMILES string of the molecule is CCS(=O)(=O)N[C@@H]1CC[C@H](COS(=O)(=O)c2ccc(C)cc2)OC1. The minimum Gasteiger partial charge on any atom is -0.374 e. The molecule has 1 aliphatic heterocycles. The topological polar surface area (TPSA) is 98.8 Å². The molecule has 0 bridgehead atoms. The molecule has 0 saturated carbocycles. The van der Waals surface area contributed by atoms with Crippen LogP contribution in [0.2, 0.25) is 0 Å². The van der Waals surface area contributed by atoms with Crippen molar-refractivity contribution in [2.24, 2.45) is 0 Å². The Labute approximate surface area is 143 Å². The van der Waals surface area contributed by atoms with Crippen LogP contribution in [0.3, 0.4) is 0 Å². The largest absolute Gasteiger partial charge is 0.374 e. The molecular weight excluding hydrogens is 354 g/mol. The summed E-state index contributed by atoms with van der Waals surface area (Å²) in [5, 5.41) is 0. The first-order valence-electron chi connectivity index (χ1n) is 7.79. The fraction of sp³-hybridized carbons (Fsp3) is 0.600. The van der Waals surface area contributed by atoms with E-state index in [9.17, 15) is 16.8 Å². The summed E-state index contributed by atoms with van der Waals surface area (Å²) in [7, 11) is -7.08. The average Bonchev–Trinajstić information content (AvgIpc) is 2.54. The smallest absolute Gasteiger partial charge is 0.297 e. The molecule has 1 saturated heterocycles. The van der Waals surface area contributed by atoms with Crippen LogP contribution in [-0.2, 0) is 29.1 Å². The zero-order chi connectivity index (χ0) is 17.8. The van der Waals surface area contributed by atoms with Gasteiger partial charge in [0.25, 0.3) is 10.1 Å². The Morgan fingerprint density at radius 1 is 1.17 bits per heavy atom. The molecule has 0 unspecified atom stereocenters. The quantitative estimate of drug-likeness (QED) is 0.717. The van der Waals surface area contributed by atoms with Crippen LogP contribution in [0, 0.1) is 6.92 Å².